The van der Waals surface area contributed by atoms with Crippen LogP contribution in [0.4, 0.5) is 21.9 Å². The zero-order valence-electron chi connectivity index (χ0n) is 15.7. The quantitative estimate of drug-likeness (QED) is 0.475. The molecule has 0 radical (unpaired) electrons. The molecule has 0 bridgehead atoms. The number of hydrogen-bond donors (Lipinski definition) is 3. The number of benzene rings is 3. The summed E-state index contributed by atoms with van der Waals surface area (Å²) in [6.07, 6.45) is 1.46. The average Bonchev–Trinajstić information content (AvgIpc) is 3.31. The van der Waals surface area contributed by atoms with Gasteiger partial charge in [-0.2, -0.15) is 0 Å². The minimum absolute atomic E-state index is 0.271. The van der Waals surface area contributed by atoms with Crippen LogP contribution in [-0.4, -0.2) is 32.1 Å². The van der Waals surface area contributed by atoms with Crippen LogP contribution in [0.25, 0.3) is 5.69 Å². The number of carbonyl (C=O) groups excluding carboxylic acids is 2. The molecule has 9 nitrogen and oxygen atoms in total. The van der Waals surface area contributed by atoms with Gasteiger partial charge in [0.1, 0.15) is 6.33 Å². The highest BCUT2D eigenvalue weighted by molar-refractivity contribution is 6.05. The Morgan fingerprint density at radius 2 is 1.40 bits per heavy atom. The van der Waals surface area contributed by atoms with Gasteiger partial charge in [0.15, 0.2) is 0 Å². The molecule has 4 aromatic rings. The van der Waals surface area contributed by atoms with Crippen molar-refractivity contribution in [1.29, 1.82) is 0 Å². The fraction of sp³-hybridized carbons (Fsp3) is 0. The molecule has 0 saturated carbocycles. The van der Waals surface area contributed by atoms with E-state index in [0.717, 1.165) is 0 Å². The van der Waals surface area contributed by atoms with Crippen molar-refractivity contribution in [1.82, 2.24) is 20.2 Å². The number of aromatic nitrogens is 4. The van der Waals surface area contributed by atoms with E-state index in [1.54, 1.807) is 60.7 Å². The minimum atomic E-state index is -0.350. The SMILES string of the molecule is O=C(Nc1ccccc1)Nc1ccc(NC(=O)c2cccc(-n3cnnn3)c2)cc1. The molecule has 3 aromatic carbocycles. The lowest BCUT2D eigenvalue weighted by Gasteiger charge is -2.09. The third-order valence-corrected chi connectivity index (χ3v) is 4.15. The molecule has 0 aliphatic heterocycles. The van der Waals surface area contributed by atoms with Crippen LogP contribution >= 0.6 is 0 Å². The van der Waals surface area contributed by atoms with E-state index in [2.05, 4.69) is 31.5 Å². The molecule has 0 aliphatic rings. The van der Waals surface area contributed by atoms with Gasteiger partial charge in [0.05, 0.1) is 5.69 Å². The Morgan fingerprint density at radius 3 is 2.07 bits per heavy atom. The van der Waals surface area contributed by atoms with Gasteiger partial charge in [-0.3, -0.25) is 4.79 Å². The fourth-order valence-electron chi connectivity index (χ4n) is 2.72. The largest absolute Gasteiger partial charge is 0.323 e. The third kappa shape index (κ3) is 4.65. The lowest BCUT2D eigenvalue weighted by atomic mass is 10.2. The summed E-state index contributed by atoms with van der Waals surface area (Å²) >= 11 is 0. The summed E-state index contributed by atoms with van der Waals surface area (Å²) < 4.78 is 1.47. The Hall–Kier alpha value is -4.53. The lowest BCUT2D eigenvalue weighted by Crippen LogP contribution is -2.19. The molecule has 0 aliphatic carbocycles. The molecule has 0 fully saturated rings. The number of carbonyl (C=O) groups is 2. The zero-order valence-corrected chi connectivity index (χ0v) is 15.7. The summed E-state index contributed by atoms with van der Waals surface area (Å²) in [6, 6.07) is 22.6. The van der Waals surface area contributed by atoms with Crippen LogP contribution in [0, 0.1) is 0 Å². The second-order valence-electron chi connectivity index (χ2n) is 6.28. The number of para-hydroxylation sites is 1. The van der Waals surface area contributed by atoms with E-state index in [4.69, 9.17) is 0 Å². The predicted octanol–water partition coefficient (Wildman–Crippen LogP) is 3.56. The topological polar surface area (TPSA) is 114 Å². The molecule has 0 saturated heterocycles. The molecular weight excluding hydrogens is 382 g/mol. The van der Waals surface area contributed by atoms with E-state index < -0.39 is 0 Å². The first kappa shape index (κ1) is 18.8. The summed E-state index contributed by atoms with van der Waals surface area (Å²) in [5.41, 5.74) is 3.04. The molecular formula is C21H17N7O2. The van der Waals surface area contributed by atoms with Crippen molar-refractivity contribution in [3.05, 3.63) is 90.8 Å². The van der Waals surface area contributed by atoms with Gasteiger partial charge in [0, 0.05) is 22.6 Å². The molecule has 0 atom stereocenters. The molecule has 9 heteroatoms. The number of hydrogen-bond acceptors (Lipinski definition) is 5. The van der Waals surface area contributed by atoms with Crippen LogP contribution in [0.3, 0.4) is 0 Å². The van der Waals surface area contributed by atoms with Crippen molar-refractivity contribution in [2.75, 3.05) is 16.0 Å². The fourth-order valence-corrected chi connectivity index (χ4v) is 2.72. The van der Waals surface area contributed by atoms with E-state index in [1.165, 1.54) is 11.0 Å². The van der Waals surface area contributed by atoms with Gasteiger partial charge in [-0.1, -0.05) is 24.3 Å². The Kier molecular flexibility index (Phi) is 5.43. The highest BCUT2D eigenvalue weighted by atomic mass is 16.2. The summed E-state index contributed by atoms with van der Waals surface area (Å²) in [6.45, 7) is 0. The number of tetrazole rings is 1. The highest BCUT2D eigenvalue weighted by Gasteiger charge is 2.09. The van der Waals surface area contributed by atoms with Gasteiger partial charge in [-0.05, 0) is 65.0 Å². The summed E-state index contributed by atoms with van der Waals surface area (Å²) in [5, 5.41) is 19.3. The maximum absolute atomic E-state index is 12.6. The van der Waals surface area contributed by atoms with Crippen molar-refractivity contribution in [2.45, 2.75) is 0 Å². The molecule has 3 amide bonds. The number of anilines is 3. The monoisotopic (exact) mass is 399 g/mol. The van der Waals surface area contributed by atoms with E-state index in [-0.39, 0.29) is 11.9 Å². The smallest absolute Gasteiger partial charge is 0.322 e. The molecule has 148 valence electrons. The number of urea groups is 1. The minimum Gasteiger partial charge on any atom is -0.322 e. The van der Waals surface area contributed by atoms with Crippen LogP contribution in [0.1, 0.15) is 10.4 Å². The van der Waals surface area contributed by atoms with Crippen molar-refractivity contribution in [3.63, 3.8) is 0 Å². The van der Waals surface area contributed by atoms with E-state index >= 15 is 0 Å². The Balaban J connectivity index is 1.37. The maximum Gasteiger partial charge on any atom is 0.323 e. The van der Waals surface area contributed by atoms with Crippen molar-refractivity contribution < 1.29 is 9.59 Å². The molecule has 30 heavy (non-hydrogen) atoms. The van der Waals surface area contributed by atoms with Crippen molar-refractivity contribution in [3.8, 4) is 5.69 Å². The summed E-state index contributed by atoms with van der Waals surface area (Å²) in [7, 11) is 0. The van der Waals surface area contributed by atoms with Crippen LogP contribution in [-0.2, 0) is 0 Å². The lowest BCUT2D eigenvalue weighted by molar-refractivity contribution is 0.102. The van der Waals surface area contributed by atoms with Gasteiger partial charge in [-0.15, -0.1) is 5.10 Å². The first-order valence-electron chi connectivity index (χ1n) is 9.05. The van der Waals surface area contributed by atoms with Crippen LogP contribution in [0.5, 0.6) is 0 Å². The number of nitrogens with one attached hydrogen (secondary N) is 3. The molecule has 1 aromatic heterocycles. The first-order chi connectivity index (χ1) is 14.7. The van der Waals surface area contributed by atoms with Gasteiger partial charge < -0.3 is 16.0 Å². The standard InChI is InChI=1S/C21H17N7O2/c29-20(15-5-4-8-19(13-15)28-14-22-26-27-28)23-17-9-11-18(12-10-17)25-21(30)24-16-6-2-1-3-7-16/h1-14H,(H,23,29)(H2,24,25,30). The first-order valence-corrected chi connectivity index (χ1v) is 9.05. The summed E-state index contributed by atoms with van der Waals surface area (Å²) in [4.78, 5) is 24.6. The predicted molar refractivity (Wildman–Crippen MR) is 113 cm³/mol. The van der Waals surface area contributed by atoms with E-state index in [0.29, 0.717) is 28.3 Å². The Bertz CT molecular complexity index is 1140. The Labute approximate surface area is 171 Å². The average molecular weight is 399 g/mol. The normalized spacial score (nSPS) is 10.3. The van der Waals surface area contributed by atoms with Crippen molar-refractivity contribution >= 4 is 29.0 Å². The second kappa shape index (κ2) is 8.65. The van der Waals surface area contributed by atoms with Gasteiger partial charge >= 0.3 is 6.03 Å². The number of nitrogens with zero attached hydrogens (tertiary/aromatic N) is 4. The third-order valence-electron chi connectivity index (χ3n) is 4.15. The molecule has 3 N–H and O–H groups in total. The summed E-state index contributed by atoms with van der Waals surface area (Å²) in [5.74, 6) is -0.271. The van der Waals surface area contributed by atoms with Crippen LogP contribution < -0.4 is 16.0 Å². The molecule has 1 heterocycles. The van der Waals surface area contributed by atoms with Gasteiger partial charge in [0.2, 0.25) is 0 Å². The van der Waals surface area contributed by atoms with Crippen LogP contribution in [0.15, 0.2) is 85.2 Å². The van der Waals surface area contributed by atoms with Crippen molar-refractivity contribution in [2.24, 2.45) is 0 Å². The Morgan fingerprint density at radius 1 is 0.733 bits per heavy atom. The number of rotatable bonds is 5. The molecule has 0 unspecified atom stereocenters. The second-order valence-corrected chi connectivity index (χ2v) is 6.28. The van der Waals surface area contributed by atoms with E-state index in [9.17, 15) is 9.59 Å². The maximum atomic E-state index is 12.6. The molecule has 4 rings (SSSR count). The molecule has 0 spiro atoms. The van der Waals surface area contributed by atoms with Gasteiger partial charge in [-0.25, -0.2) is 9.48 Å². The van der Waals surface area contributed by atoms with E-state index in [1.807, 2.05) is 18.2 Å². The van der Waals surface area contributed by atoms with Gasteiger partial charge in [0.25, 0.3) is 5.91 Å². The zero-order chi connectivity index (χ0) is 20.8. The number of amides is 3. The highest BCUT2D eigenvalue weighted by Crippen LogP contribution is 2.16. The van der Waals surface area contributed by atoms with Crippen LogP contribution in [0.2, 0.25) is 0 Å².